The first-order chi connectivity index (χ1) is 9.13. The molecule has 0 aliphatic rings. The second-order valence-corrected chi connectivity index (χ2v) is 6.34. The van der Waals surface area contributed by atoms with Gasteiger partial charge in [0, 0.05) is 6.42 Å². The van der Waals surface area contributed by atoms with Gasteiger partial charge < -0.3 is 19.8 Å². The fourth-order valence-electron chi connectivity index (χ4n) is 1.71. The molecule has 0 aromatic heterocycles. The summed E-state index contributed by atoms with van der Waals surface area (Å²) in [6.07, 6.45) is 10.1. The number of hydrogen-bond acceptors (Lipinski definition) is 2. The third kappa shape index (κ3) is 36.0. The van der Waals surface area contributed by atoms with Crippen LogP contribution in [0, 0.1) is 5.92 Å². The van der Waals surface area contributed by atoms with E-state index in [1.807, 2.05) is 0 Å². The van der Waals surface area contributed by atoms with Crippen molar-refractivity contribution in [2.75, 3.05) is 0 Å². The zero-order valence-electron chi connectivity index (χ0n) is 12.5. The molecule has 0 aliphatic heterocycles. The van der Waals surface area contributed by atoms with E-state index in [1.165, 1.54) is 38.5 Å². The number of phosphoric acid groups is 1. The van der Waals surface area contributed by atoms with Gasteiger partial charge in [-0.1, -0.05) is 58.8 Å². The maximum atomic E-state index is 10.2. The quantitative estimate of drug-likeness (QED) is 0.363. The van der Waals surface area contributed by atoms with E-state index in [-0.39, 0.29) is 0 Å². The smallest absolute Gasteiger partial charge is 0.466 e. The lowest BCUT2D eigenvalue weighted by molar-refractivity contribution is -0.137. The maximum Gasteiger partial charge on any atom is 0.466 e. The Kier molecular flexibility index (Phi) is 14.8. The van der Waals surface area contributed by atoms with Crippen LogP contribution in [0.15, 0.2) is 0 Å². The number of unbranched alkanes of at least 4 members (excludes halogenated alkanes) is 6. The molecule has 0 atom stereocenters. The van der Waals surface area contributed by atoms with E-state index in [1.54, 1.807) is 0 Å². The topological polar surface area (TPSA) is 115 Å². The lowest BCUT2D eigenvalue weighted by Crippen LogP contribution is -1.93. The van der Waals surface area contributed by atoms with Crippen molar-refractivity contribution in [3.63, 3.8) is 0 Å². The van der Waals surface area contributed by atoms with Crippen LogP contribution in [-0.4, -0.2) is 25.8 Å². The van der Waals surface area contributed by atoms with Gasteiger partial charge in [0.15, 0.2) is 0 Å². The molecule has 0 spiro atoms. The van der Waals surface area contributed by atoms with E-state index >= 15 is 0 Å². The Morgan fingerprint density at radius 3 is 1.60 bits per heavy atom. The second-order valence-electron chi connectivity index (χ2n) is 5.31. The number of aliphatic carboxylic acids is 1. The number of hydrogen-bond donors (Lipinski definition) is 4. The summed E-state index contributed by atoms with van der Waals surface area (Å²) in [6, 6.07) is 0. The molecule has 0 bridgehead atoms. The van der Waals surface area contributed by atoms with Gasteiger partial charge in [-0.05, 0) is 12.3 Å². The van der Waals surface area contributed by atoms with Crippen molar-refractivity contribution < 1.29 is 29.1 Å². The van der Waals surface area contributed by atoms with Gasteiger partial charge >= 0.3 is 13.8 Å². The molecule has 0 amide bonds. The van der Waals surface area contributed by atoms with Crippen LogP contribution in [0.25, 0.3) is 0 Å². The Bertz CT molecular complexity index is 266. The van der Waals surface area contributed by atoms with Crippen LogP contribution in [-0.2, 0) is 9.36 Å². The molecular weight excluding hydrogens is 283 g/mol. The third-order valence-corrected chi connectivity index (χ3v) is 2.67. The number of carboxylic acids is 1. The van der Waals surface area contributed by atoms with Crippen LogP contribution in [0.4, 0.5) is 0 Å². The van der Waals surface area contributed by atoms with Crippen LogP contribution < -0.4 is 0 Å². The van der Waals surface area contributed by atoms with Crippen LogP contribution in [0.2, 0.25) is 0 Å². The van der Waals surface area contributed by atoms with E-state index < -0.39 is 13.8 Å². The number of carbonyl (C=O) groups is 1. The zero-order chi connectivity index (χ0) is 16.0. The molecule has 20 heavy (non-hydrogen) atoms. The molecule has 0 saturated carbocycles. The van der Waals surface area contributed by atoms with Gasteiger partial charge in [0.05, 0.1) is 0 Å². The molecule has 0 heterocycles. The van der Waals surface area contributed by atoms with Crippen LogP contribution in [0.1, 0.15) is 71.6 Å². The van der Waals surface area contributed by atoms with Gasteiger partial charge in [-0.25, -0.2) is 4.57 Å². The minimum absolute atomic E-state index is 0.341. The predicted octanol–water partition coefficient (Wildman–Crippen LogP) is 3.31. The highest BCUT2D eigenvalue weighted by atomic mass is 31.2. The average Bonchev–Trinajstić information content (AvgIpc) is 2.23. The minimum atomic E-state index is -4.64. The summed E-state index contributed by atoms with van der Waals surface area (Å²) in [5.41, 5.74) is 0. The Hall–Kier alpha value is -0.420. The highest BCUT2D eigenvalue weighted by Crippen LogP contribution is 2.25. The highest BCUT2D eigenvalue weighted by molar-refractivity contribution is 7.45. The summed E-state index contributed by atoms with van der Waals surface area (Å²) in [4.78, 5) is 31.8. The average molecular weight is 312 g/mol. The monoisotopic (exact) mass is 312 g/mol. The summed E-state index contributed by atoms with van der Waals surface area (Å²) in [6.45, 7) is 4.54. The molecule has 0 fully saturated rings. The molecular formula is C13H29O6P. The van der Waals surface area contributed by atoms with Gasteiger partial charge in [0.1, 0.15) is 0 Å². The van der Waals surface area contributed by atoms with E-state index in [0.29, 0.717) is 6.42 Å². The van der Waals surface area contributed by atoms with Crippen molar-refractivity contribution in [2.24, 2.45) is 5.92 Å². The fourth-order valence-corrected chi connectivity index (χ4v) is 1.71. The molecule has 0 radical (unpaired) electrons. The predicted molar refractivity (Wildman–Crippen MR) is 78.3 cm³/mol. The Morgan fingerprint density at radius 2 is 1.25 bits per heavy atom. The normalized spacial score (nSPS) is 11.1. The van der Waals surface area contributed by atoms with Crippen LogP contribution >= 0.6 is 7.82 Å². The summed E-state index contributed by atoms with van der Waals surface area (Å²) in [5, 5.41) is 8.44. The maximum absolute atomic E-state index is 10.2. The molecule has 0 aliphatic carbocycles. The summed E-state index contributed by atoms with van der Waals surface area (Å²) >= 11 is 0. The molecule has 0 saturated heterocycles. The van der Waals surface area contributed by atoms with Crippen LogP contribution in [0.3, 0.4) is 0 Å². The third-order valence-electron chi connectivity index (χ3n) is 2.67. The van der Waals surface area contributed by atoms with E-state index in [9.17, 15) is 4.79 Å². The van der Waals surface area contributed by atoms with Gasteiger partial charge in [-0.3, -0.25) is 4.79 Å². The van der Waals surface area contributed by atoms with Crippen molar-refractivity contribution in [1.29, 1.82) is 0 Å². The van der Waals surface area contributed by atoms with E-state index in [0.717, 1.165) is 18.8 Å². The van der Waals surface area contributed by atoms with Crippen molar-refractivity contribution in [3.05, 3.63) is 0 Å². The molecule has 4 N–H and O–H groups in total. The summed E-state index contributed by atoms with van der Waals surface area (Å²) in [5.74, 6) is 0.174. The van der Waals surface area contributed by atoms with Crippen molar-refractivity contribution in [3.8, 4) is 0 Å². The summed E-state index contributed by atoms with van der Waals surface area (Å²) < 4.78 is 8.88. The molecule has 7 heteroatoms. The molecule has 0 rings (SSSR count). The van der Waals surface area contributed by atoms with Gasteiger partial charge in [-0.2, -0.15) is 0 Å². The van der Waals surface area contributed by atoms with Crippen molar-refractivity contribution in [2.45, 2.75) is 71.6 Å². The number of rotatable bonds is 10. The van der Waals surface area contributed by atoms with Gasteiger partial charge in [0.2, 0.25) is 0 Å². The largest absolute Gasteiger partial charge is 0.481 e. The SMILES string of the molecule is CC(C)CCCCCCCCCC(=O)O.O=P(O)(O)O. The fraction of sp³-hybridized carbons (Fsp3) is 0.923. The Labute approximate surface area is 121 Å². The standard InChI is InChI=1S/C13H26O2.H3O4P/c1-12(2)10-8-6-4-3-5-7-9-11-13(14)15;1-5(2,3)4/h12H,3-11H2,1-2H3,(H,14,15);(H3,1,2,3,4). The lowest BCUT2D eigenvalue weighted by atomic mass is 10.0. The Morgan fingerprint density at radius 1 is 0.900 bits per heavy atom. The van der Waals surface area contributed by atoms with E-state index in [2.05, 4.69) is 13.8 Å². The molecule has 0 unspecified atom stereocenters. The second kappa shape index (κ2) is 13.6. The number of carboxylic acid groups (broad SMARTS) is 1. The first kappa shape index (κ1) is 21.9. The first-order valence-corrected chi connectivity index (χ1v) is 8.69. The van der Waals surface area contributed by atoms with Gasteiger partial charge in [0.25, 0.3) is 0 Å². The molecule has 0 aromatic carbocycles. The lowest BCUT2D eigenvalue weighted by Gasteiger charge is -2.04. The molecule has 0 aromatic rings. The molecule has 6 nitrogen and oxygen atoms in total. The minimum Gasteiger partial charge on any atom is -0.481 e. The van der Waals surface area contributed by atoms with Gasteiger partial charge in [-0.15, -0.1) is 0 Å². The molecule has 122 valence electrons. The van der Waals surface area contributed by atoms with Crippen molar-refractivity contribution in [1.82, 2.24) is 0 Å². The summed E-state index contributed by atoms with van der Waals surface area (Å²) in [7, 11) is -4.64. The highest BCUT2D eigenvalue weighted by Gasteiger charge is 2.00. The van der Waals surface area contributed by atoms with Crippen molar-refractivity contribution >= 4 is 13.8 Å². The first-order valence-electron chi connectivity index (χ1n) is 7.13. The zero-order valence-corrected chi connectivity index (χ0v) is 13.4. The Balaban J connectivity index is 0. The van der Waals surface area contributed by atoms with E-state index in [4.69, 9.17) is 24.4 Å². The van der Waals surface area contributed by atoms with Crippen LogP contribution in [0.5, 0.6) is 0 Å².